The van der Waals surface area contributed by atoms with Crippen LogP contribution in [0.15, 0.2) is 53.5 Å². The van der Waals surface area contributed by atoms with Crippen LogP contribution in [0.5, 0.6) is 5.75 Å². The maximum atomic E-state index is 13.7. The Hall–Kier alpha value is -3.13. The Bertz CT molecular complexity index is 900. The van der Waals surface area contributed by atoms with Gasteiger partial charge in [0.2, 0.25) is 0 Å². The van der Waals surface area contributed by atoms with Crippen LogP contribution in [0, 0.1) is 5.82 Å². The van der Waals surface area contributed by atoms with Gasteiger partial charge in [-0.25, -0.2) is 4.39 Å². The van der Waals surface area contributed by atoms with Gasteiger partial charge in [0.1, 0.15) is 12.2 Å². The number of para-hydroxylation sites is 1. The lowest BCUT2D eigenvalue weighted by Crippen LogP contribution is -2.41. The number of nitrogens with zero attached hydrogens (tertiary/aromatic N) is 1. The molecule has 1 saturated heterocycles. The molecule has 31 heavy (non-hydrogen) atoms. The fourth-order valence-corrected chi connectivity index (χ4v) is 3.21. The standard InChI is InChI=1S/C23H29FN4O3/c1-16(31-20-10-4-3-9-19(20)24)14-26-23(25-2)27-15-17-7-5-8-18(13-17)28-22(29)21-11-6-12-30-21/h3-5,7-10,13,16,21H,6,11-12,14-15H2,1-2H3,(H,28,29)(H2,25,26,27). The Balaban J connectivity index is 1.45. The molecule has 1 aliphatic rings. The highest BCUT2D eigenvalue weighted by molar-refractivity contribution is 5.94. The SMILES string of the molecule is CN=C(NCc1cccc(NC(=O)C2CCCO2)c1)NCC(C)Oc1ccccc1F. The summed E-state index contributed by atoms with van der Waals surface area (Å²) in [5.74, 6) is 0.326. The van der Waals surface area contributed by atoms with Crippen LogP contribution in [0.4, 0.5) is 10.1 Å². The van der Waals surface area contributed by atoms with E-state index in [-0.39, 0.29) is 29.7 Å². The van der Waals surface area contributed by atoms with E-state index in [1.165, 1.54) is 6.07 Å². The summed E-state index contributed by atoms with van der Waals surface area (Å²) in [6, 6.07) is 13.9. The van der Waals surface area contributed by atoms with E-state index in [1.807, 2.05) is 31.2 Å². The summed E-state index contributed by atoms with van der Waals surface area (Å²) in [5, 5.41) is 9.30. The van der Waals surface area contributed by atoms with E-state index < -0.39 is 0 Å². The Morgan fingerprint density at radius 2 is 2.10 bits per heavy atom. The number of benzene rings is 2. The van der Waals surface area contributed by atoms with E-state index in [1.54, 1.807) is 25.2 Å². The van der Waals surface area contributed by atoms with Crippen LogP contribution in [-0.4, -0.2) is 44.3 Å². The summed E-state index contributed by atoms with van der Waals surface area (Å²) < 4.78 is 24.8. The molecule has 2 atom stereocenters. The zero-order valence-corrected chi connectivity index (χ0v) is 17.9. The Morgan fingerprint density at radius 3 is 2.84 bits per heavy atom. The summed E-state index contributed by atoms with van der Waals surface area (Å²) in [4.78, 5) is 16.4. The molecular weight excluding hydrogens is 399 g/mol. The first kappa shape index (κ1) is 22.6. The van der Waals surface area contributed by atoms with Gasteiger partial charge in [-0.05, 0) is 49.6 Å². The molecule has 0 aliphatic carbocycles. The van der Waals surface area contributed by atoms with Crippen LogP contribution < -0.4 is 20.7 Å². The molecule has 166 valence electrons. The number of halogens is 1. The van der Waals surface area contributed by atoms with Crippen molar-refractivity contribution in [1.82, 2.24) is 10.6 Å². The predicted octanol–water partition coefficient (Wildman–Crippen LogP) is 3.08. The maximum absolute atomic E-state index is 13.7. The fraction of sp³-hybridized carbons (Fsp3) is 0.391. The molecule has 1 fully saturated rings. The van der Waals surface area contributed by atoms with Crippen LogP contribution in [-0.2, 0) is 16.1 Å². The number of hydrogen-bond acceptors (Lipinski definition) is 4. The highest BCUT2D eigenvalue weighted by Crippen LogP contribution is 2.17. The number of guanidine groups is 1. The lowest BCUT2D eigenvalue weighted by atomic mass is 10.2. The van der Waals surface area contributed by atoms with Gasteiger partial charge in [-0.2, -0.15) is 0 Å². The van der Waals surface area contributed by atoms with Gasteiger partial charge in [0, 0.05) is 25.9 Å². The van der Waals surface area contributed by atoms with Gasteiger partial charge in [-0.1, -0.05) is 24.3 Å². The van der Waals surface area contributed by atoms with Crippen molar-refractivity contribution in [3.8, 4) is 5.75 Å². The minimum atomic E-state index is -0.386. The highest BCUT2D eigenvalue weighted by atomic mass is 19.1. The van der Waals surface area contributed by atoms with Crippen molar-refractivity contribution in [2.45, 2.75) is 38.5 Å². The number of anilines is 1. The molecule has 1 heterocycles. The minimum Gasteiger partial charge on any atom is -0.486 e. The first-order valence-electron chi connectivity index (χ1n) is 10.4. The smallest absolute Gasteiger partial charge is 0.253 e. The van der Waals surface area contributed by atoms with Crippen molar-refractivity contribution < 1.29 is 18.7 Å². The molecule has 0 aromatic heterocycles. The van der Waals surface area contributed by atoms with Crippen molar-refractivity contribution >= 4 is 17.6 Å². The lowest BCUT2D eigenvalue weighted by molar-refractivity contribution is -0.124. The summed E-state index contributed by atoms with van der Waals surface area (Å²) in [7, 11) is 1.68. The van der Waals surface area contributed by atoms with Crippen molar-refractivity contribution in [2.24, 2.45) is 4.99 Å². The third kappa shape index (κ3) is 6.96. The molecule has 8 heteroatoms. The van der Waals surface area contributed by atoms with Gasteiger partial charge >= 0.3 is 0 Å². The number of amides is 1. The largest absolute Gasteiger partial charge is 0.486 e. The van der Waals surface area contributed by atoms with Gasteiger partial charge in [-0.3, -0.25) is 9.79 Å². The van der Waals surface area contributed by atoms with Crippen molar-refractivity contribution in [1.29, 1.82) is 0 Å². The second-order valence-electron chi connectivity index (χ2n) is 7.36. The molecule has 0 radical (unpaired) electrons. The Kier molecular flexibility index (Phi) is 8.23. The maximum Gasteiger partial charge on any atom is 0.253 e. The van der Waals surface area contributed by atoms with Gasteiger partial charge < -0.3 is 25.4 Å². The average molecular weight is 429 g/mol. The molecule has 1 aliphatic heterocycles. The van der Waals surface area contributed by atoms with Crippen molar-refractivity contribution in [2.75, 3.05) is 25.5 Å². The third-order valence-electron chi connectivity index (χ3n) is 4.82. The van der Waals surface area contributed by atoms with E-state index in [9.17, 15) is 9.18 Å². The van der Waals surface area contributed by atoms with Crippen molar-refractivity contribution in [3.05, 3.63) is 59.9 Å². The minimum absolute atomic E-state index is 0.107. The number of nitrogens with one attached hydrogen (secondary N) is 3. The Labute approximate surface area is 182 Å². The lowest BCUT2D eigenvalue weighted by Gasteiger charge is -2.18. The molecule has 2 aromatic carbocycles. The van der Waals surface area contributed by atoms with E-state index in [4.69, 9.17) is 9.47 Å². The van der Waals surface area contributed by atoms with Crippen LogP contribution in [0.25, 0.3) is 0 Å². The second-order valence-corrected chi connectivity index (χ2v) is 7.36. The van der Waals surface area contributed by atoms with Gasteiger partial charge in [0.05, 0.1) is 6.54 Å². The quantitative estimate of drug-likeness (QED) is 0.445. The summed E-state index contributed by atoms with van der Waals surface area (Å²) in [5.41, 5.74) is 1.72. The van der Waals surface area contributed by atoms with E-state index in [0.29, 0.717) is 25.7 Å². The molecule has 1 amide bonds. The zero-order chi connectivity index (χ0) is 22.1. The van der Waals surface area contributed by atoms with E-state index in [2.05, 4.69) is 20.9 Å². The van der Waals surface area contributed by atoms with Crippen molar-refractivity contribution in [3.63, 3.8) is 0 Å². The molecule has 2 unspecified atom stereocenters. The van der Waals surface area contributed by atoms with Gasteiger partial charge in [0.25, 0.3) is 5.91 Å². The summed E-state index contributed by atoms with van der Waals surface area (Å²) >= 11 is 0. The number of ether oxygens (including phenoxy) is 2. The molecule has 3 N–H and O–H groups in total. The first-order chi connectivity index (χ1) is 15.0. The number of carbonyl (C=O) groups excluding carboxylic acids is 1. The topological polar surface area (TPSA) is 84.0 Å². The summed E-state index contributed by atoms with van der Waals surface area (Å²) in [6.07, 6.45) is 1.05. The van der Waals surface area contributed by atoms with E-state index >= 15 is 0 Å². The predicted molar refractivity (Wildman–Crippen MR) is 119 cm³/mol. The van der Waals surface area contributed by atoms with Crippen LogP contribution in [0.2, 0.25) is 0 Å². The van der Waals surface area contributed by atoms with E-state index in [0.717, 1.165) is 24.1 Å². The molecular formula is C23H29FN4O3. The zero-order valence-electron chi connectivity index (χ0n) is 17.9. The number of carbonyl (C=O) groups is 1. The molecule has 3 rings (SSSR count). The molecule has 0 spiro atoms. The Morgan fingerprint density at radius 1 is 1.26 bits per heavy atom. The van der Waals surface area contributed by atoms with Crippen LogP contribution in [0.1, 0.15) is 25.3 Å². The first-order valence-corrected chi connectivity index (χ1v) is 10.4. The normalized spacial score (nSPS) is 17.1. The van der Waals surface area contributed by atoms with Crippen LogP contribution >= 0.6 is 0 Å². The number of rotatable bonds is 8. The fourth-order valence-electron chi connectivity index (χ4n) is 3.21. The molecule has 0 saturated carbocycles. The molecule has 7 nitrogen and oxygen atoms in total. The molecule has 2 aromatic rings. The van der Waals surface area contributed by atoms with Crippen LogP contribution in [0.3, 0.4) is 0 Å². The monoisotopic (exact) mass is 428 g/mol. The highest BCUT2D eigenvalue weighted by Gasteiger charge is 2.23. The van der Waals surface area contributed by atoms with Gasteiger partial charge in [0.15, 0.2) is 17.5 Å². The number of aliphatic imine (C=N–C) groups is 1. The molecule has 0 bridgehead atoms. The summed E-state index contributed by atoms with van der Waals surface area (Å²) in [6.45, 7) is 3.46. The second kappa shape index (κ2) is 11.3. The third-order valence-corrected chi connectivity index (χ3v) is 4.82. The van der Waals surface area contributed by atoms with Gasteiger partial charge in [-0.15, -0.1) is 0 Å². The average Bonchev–Trinajstić information content (AvgIpc) is 3.31. The number of hydrogen-bond donors (Lipinski definition) is 3.